The van der Waals surface area contributed by atoms with E-state index in [-0.39, 0.29) is 17.9 Å². The van der Waals surface area contributed by atoms with Crippen LogP contribution in [0.15, 0.2) is 53.2 Å². The average Bonchev–Trinajstić information content (AvgIpc) is 3.17. The van der Waals surface area contributed by atoms with Crippen LogP contribution >= 0.6 is 0 Å². The van der Waals surface area contributed by atoms with Gasteiger partial charge in [0.25, 0.3) is 11.8 Å². The molecule has 4 rings (SSSR count). The number of carbonyl (C=O) groups is 2. The van der Waals surface area contributed by atoms with Gasteiger partial charge >= 0.3 is 0 Å². The average molecular weight is 277 g/mol. The van der Waals surface area contributed by atoms with Gasteiger partial charge in [0.05, 0.1) is 17.2 Å². The zero-order valence-corrected chi connectivity index (χ0v) is 11.0. The Morgan fingerprint density at radius 1 is 1.10 bits per heavy atom. The molecule has 0 saturated carbocycles. The van der Waals surface area contributed by atoms with Crippen molar-refractivity contribution in [3.05, 3.63) is 53.8 Å². The molecule has 102 valence electrons. The fraction of sp³-hybridized carbons (Fsp3) is 0.0625. The SMILES string of the molecule is O=C1NC(=O)C(C2C=CC=N2)=C1c1c[nH]c2ccccc12. The van der Waals surface area contributed by atoms with E-state index in [1.165, 1.54) is 0 Å². The maximum atomic E-state index is 12.2. The normalized spacial score (nSPS) is 20.9. The second-order valence-corrected chi connectivity index (χ2v) is 4.95. The third kappa shape index (κ3) is 1.67. The summed E-state index contributed by atoms with van der Waals surface area (Å²) in [5.74, 6) is -0.732. The molecule has 2 aliphatic heterocycles. The molecule has 0 fully saturated rings. The molecule has 0 saturated heterocycles. The summed E-state index contributed by atoms with van der Waals surface area (Å²) in [4.78, 5) is 31.7. The lowest BCUT2D eigenvalue weighted by Gasteiger charge is -2.06. The van der Waals surface area contributed by atoms with E-state index in [2.05, 4.69) is 15.3 Å². The third-order valence-corrected chi connectivity index (χ3v) is 3.75. The van der Waals surface area contributed by atoms with Gasteiger partial charge in [-0.05, 0) is 12.1 Å². The minimum Gasteiger partial charge on any atom is -0.361 e. The molecule has 5 nitrogen and oxygen atoms in total. The van der Waals surface area contributed by atoms with Gasteiger partial charge in [-0.15, -0.1) is 0 Å². The van der Waals surface area contributed by atoms with Crippen molar-refractivity contribution in [2.24, 2.45) is 4.99 Å². The molecule has 0 spiro atoms. The monoisotopic (exact) mass is 277 g/mol. The smallest absolute Gasteiger partial charge is 0.259 e. The summed E-state index contributed by atoms with van der Waals surface area (Å²) in [6.07, 6.45) is 6.99. The summed E-state index contributed by atoms with van der Waals surface area (Å²) < 4.78 is 0. The molecule has 1 unspecified atom stereocenters. The van der Waals surface area contributed by atoms with Crippen molar-refractivity contribution in [2.45, 2.75) is 6.04 Å². The quantitative estimate of drug-likeness (QED) is 0.818. The minimum atomic E-state index is -0.389. The van der Waals surface area contributed by atoms with Crippen LogP contribution < -0.4 is 5.32 Å². The number of imide groups is 1. The highest BCUT2D eigenvalue weighted by Crippen LogP contribution is 2.33. The number of carbonyl (C=O) groups excluding carboxylic acids is 2. The number of aromatic amines is 1. The van der Waals surface area contributed by atoms with Crippen molar-refractivity contribution in [3.8, 4) is 0 Å². The van der Waals surface area contributed by atoms with Crippen molar-refractivity contribution >= 4 is 34.5 Å². The zero-order chi connectivity index (χ0) is 14.4. The Morgan fingerprint density at radius 3 is 2.76 bits per heavy atom. The van der Waals surface area contributed by atoms with Gasteiger partial charge in [-0.25, -0.2) is 0 Å². The van der Waals surface area contributed by atoms with Crippen LogP contribution in [0.5, 0.6) is 0 Å². The van der Waals surface area contributed by atoms with Gasteiger partial charge in [-0.2, -0.15) is 0 Å². The van der Waals surface area contributed by atoms with Crippen molar-refractivity contribution in [1.29, 1.82) is 0 Å². The van der Waals surface area contributed by atoms with Crippen molar-refractivity contribution in [3.63, 3.8) is 0 Å². The summed E-state index contributed by atoms with van der Waals surface area (Å²) in [6.45, 7) is 0. The van der Waals surface area contributed by atoms with Gasteiger partial charge in [-0.1, -0.05) is 24.3 Å². The molecule has 2 aliphatic rings. The van der Waals surface area contributed by atoms with Crippen molar-refractivity contribution in [2.75, 3.05) is 0 Å². The van der Waals surface area contributed by atoms with E-state index in [4.69, 9.17) is 0 Å². The van der Waals surface area contributed by atoms with Gasteiger partial charge in [-0.3, -0.25) is 19.9 Å². The number of amides is 2. The van der Waals surface area contributed by atoms with Crippen LogP contribution in [0, 0.1) is 0 Å². The molecule has 1 aromatic carbocycles. The molecule has 1 atom stereocenters. The number of benzene rings is 1. The van der Waals surface area contributed by atoms with Gasteiger partial charge < -0.3 is 4.98 Å². The van der Waals surface area contributed by atoms with Crippen LogP contribution in [0.3, 0.4) is 0 Å². The first-order valence-corrected chi connectivity index (χ1v) is 6.62. The van der Waals surface area contributed by atoms with Gasteiger partial charge in [0.2, 0.25) is 0 Å². The number of hydrogen-bond acceptors (Lipinski definition) is 3. The Kier molecular flexibility index (Phi) is 2.41. The minimum absolute atomic E-state index is 0.366. The molecule has 2 amide bonds. The fourth-order valence-electron chi connectivity index (χ4n) is 2.81. The number of aliphatic imine (C=N–C) groups is 1. The lowest BCUT2D eigenvalue weighted by molar-refractivity contribution is -0.123. The lowest BCUT2D eigenvalue weighted by atomic mass is 9.96. The molecule has 1 aromatic heterocycles. The highest BCUT2D eigenvalue weighted by molar-refractivity contribution is 6.38. The molecule has 2 aromatic rings. The Bertz CT molecular complexity index is 859. The van der Waals surface area contributed by atoms with E-state index < -0.39 is 0 Å². The van der Waals surface area contributed by atoms with Crippen LogP contribution in [-0.2, 0) is 9.59 Å². The van der Waals surface area contributed by atoms with E-state index in [1.807, 2.05) is 30.3 Å². The lowest BCUT2D eigenvalue weighted by Crippen LogP contribution is -2.24. The zero-order valence-electron chi connectivity index (χ0n) is 11.0. The van der Waals surface area contributed by atoms with E-state index in [1.54, 1.807) is 18.5 Å². The maximum Gasteiger partial charge on any atom is 0.259 e. The molecular weight excluding hydrogens is 266 g/mol. The Balaban J connectivity index is 1.98. The fourth-order valence-corrected chi connectivity index (χ4v) is 2.81. The van der Waals surface area contributed by atoms with Crippen LogP contribution in [-0.4, -0.2) is 29.1 Å². The van der Waals surface area contributed by atoms with E-state index in [0.29, 0.717) is 11.1 Å². The number of fused-ring (bicyclic) bond motifs is 1. The van der Waals surface area contributed by atoms with E-state index >= 15 is 0 Å². The van der Waals surface area contributed by atoms with E-state index in [0.717, 1.165) is 16.5 Å². The highest BCUT2D eigenvalue weighted by Gasteiger charge is 2.36. The second kappa shape index (κ2) is 4.28. The Hall–Kier alpha value is -2.95. The Morgan fingerprint density at radius 2 is 1.95 bits per heavy atom. The molecule has 0 aliphatic carbocycles. The molecule has 2 N–H and O–H groups in total. The number of para-hydroxylation sites is 1. The molecule has 21 heavy (non-hydrogen) atoms. The first-order valence-electron chi connectivity index (χ1n) is 6.62. The molecule has 0 bridgehead atoms. The number of allylic oxidation sites excluding steroid dienone is 1. The van der Waals surface area contributed by atoms with Gasteiger partial charge in [0, 0.05) is 28.9 Å². The van der Waals surface area contributed by atoms with Crippen LogP contribution in [0.4, 0.5) is 0 Å². The summed E-state index contributed by atoms with van der Waals surface area (Å²) >= 11 is 0. The van der Waals surface area contributed by atoms with E-state index in [9.17, 15) is 9.59 Å². The summed E-state index contributed by atoms with van der Waals surface area (Å²) in [5, 5.41) is 3.29. The molecule has 5 heteroatoms. The number of aromatic nitrogens is 1. The van der Waals surface area contributed by atoms with Crippen LogP contribution in [0.2, 0.25) is 0 Å². The molecule has 3 heterocycles. The highest BCUT2D eigenvalue weighted by atomic mass is 16.2. The molecule has 0 radical (unpaired) electrons. The van der Waals surface area contributed by atoms with Gasteiger partial charge in [0.1, 0.15) is 0 Å². The van der Waals surface area contributed by atoms with Gasteiger partial charge in [0.15, 0.2) is 0 Å². The first-order chi connectivity index (χ1) is 10.3. The first kappa shape index (κ1) is 11.8. The number of nitrogens with zero attached hydrogens (tertiary/aromatic N) is 1. The Labute approximate surface area is 120 Å². The standard InChI is InChI=1S/C16H11N3O2/c20-15-13(10-8-18-11-5-2-1-4-9(10)11)14(16(21)19-15)12-6-3-7-17-12/h1-8,12,18H,(H,19,20,21). The predicted octanol–water partition coefficient (Wildman–Crippen LogP) is 1.59. The second-order valence-electron chi connectivity index (χ2n) is 4.95. The third-order valence-electron chi connectivity index (χ3n) is 3.75. The van der Waals surface area contributed by atoms with Crippen LogP contribution in [0.1, 0.15) is 5.56 Å². The van der Waals surface area contributed by atoms with Crippen molar-refractivity contribution < 1.29 is 9.59 Å². The number of rotatable bonds is 2. The largest absolute Gasteiger partial charge is 0.361 e. The number of nitrogens with one attached hydrogen (secondary N) is 2. The number of H-pyrrole nitrogens is 1. The maximum absolute atomic E-state index is 12.2. The van der Waals surface area contributed by atoms with Crippen LogP contribution in [0.25, 0.3) is 16.5 Å². The summed E-state index contributed by atoms with van der Waals surface area (Å²) in [6, 6.07) is 7.29. The molecular formula is C16H11N3O2. The summed E-state index contributed by atoms with van der Waals surface area (Å²) in [7, 11) is 0. The summed E-state index contributed by atoms with van der Waals surface area (Å²) in [5.41, 5.74) is 2.48. The number of hydrogen-bond donors (Lipinski definition) is 2. The van der Waals surface area contributed by atoms with Crippen molar-refractivity contribution in [1.82, 2.24) is 10.3 Å². The predicted molar refractivity (Wildman–Crippen MR) is 79.8 cm³/mol. The topological polar surface area (TPSA) is 74.3 Å².